The van der Waals surface area contributed by atoms with Gasteiger partial charge in [0.25, 0.3) is 5.91 Å². The molecular weight excluding hydrogens is 280 g/mol. The molecule has 5 heteroatoms. The molecule has 0 aliphatic carbocycles. The van der Waals surface area contributed by atoms with Crippen molar-refractivity contribution in [2.45, 2.75) is 6.54 Å². The number of hydrogen-bond donors (Lipinski definition) is 1. The third-order valence-electron chi connectivity index (χ3n) is 2.55. The van der Waals surface area contributed by atoms with Gasteiger partial charge >= 0.3 is 0 Å². The first-order chi connectivity index (χ1) is 9.06. The first-order valence-corrected chi connectivity index (χ1v) is 7.05. The zero-order valence-electron chi connectivity index (χ0n) is 10.8. The molecule has 1 aromatic heterocycles. The molecule has 100 valence electrons. The molecule has 0 fully saturated rings. The summed E-state index contributed by atoms with van der Waals surface area (Å²) in [7, 11) is 4.00. The lowest BCUT2D eigenvalue weighted by molar-refractivity contribution is 0.103. The van der Waals surface area contributed by atoms with Crippen LogP contribution in [0.25, 0.3) is 0 Å². The second kappa shape index (κ2) is 6.19. The highest BCUT2D eigenvalue weighted by atomic mass is 35.5. The van der Waals surface area contributed by atoms with E-state index in [0.29, 0.717) is 9.21 Å². The zero-order chi connectivity index (χ0) is 13.8. The van der Waals surface area contributed by atoms with Gasteiger partial charge in [-0.2, -0.15) is 0 Å². The van der Waals surface area contributed by atoms with Crippen molar-refractivity contribution in [1.29, 1.82) is 0 Å². The number of benzene rings is 1. The van der Waals surface area contributed by atoms with Gasteiger partial charge in [0.2, 0.25) is 0 Å². The van der Waals surface area contributed by atoms with Crippen LogP contribution in [0.4, 0.5) is 5.69 Å². The molecule has 0 spiro atoms. The molecule has 1 amide bonds. The van der Waals surface area contributed by atoms with E-state index >= 15 is 0 Å². The van der Waals surface area contributed by atoms with Crippen LogP contribution < -0.4 is 5.32 Å². The molecule has 19 heavy (non-hydrogen) atoms. The number of carbonyl (C=O) groups is 1. The van der Waals surface area contributed by atoms with E-state index in [1.54, 1.807) is 12.1 Å². The van der Waals surface area contributed by atoms with E-state index in [1.165, 1.54) is 11.3 Å². The fraction of sp³-hybridized carbons (Fsp3) is 0.214. The van der Waals surface area contributed by atoms with Gasteiger partial charge in [0.05, 0.1) is 9.21 Å². The maximum atomic E-state index is 12.1. The minimum Gasteiger partial charge on any atom is -0.321 e. The molecule has 0 bridgehead atoms. The highest BCUT2D eigenvalue weighted by molar-refractivity contribution is 7.18. The smallest absolute Gasteiger partial charge is 0.265 e. The van der Waals surface area contributed by atoms with Crippen LogP contribution in [0.15, 0.2) is 36.4 Å². The van der Waals surface area contributed by atoms with Crippen molar-refractivity contribution < 1.29 is 4.79 Å². The highest BCUT2D eigenvalue weighted by Crippen LogP contribution is 2.23. The van der Waals surface area contributed by atoms with Gasteiger partial charge < -0.3 is 10.2 Å². The van der Waals surface area contributed by atoms with Gasteiger partial charge in [-0.05, 0) is 37.9 Å². The van der Waals surface area contributed by atoms with Crippen molar-refractivity contribution in [3.63, 3.8) is 0 Å². The Morgan fingerprint density at radius 3 is 2.63 bits per heavy atom. The number of thiophene rings is 1. The van der Waals surface area contributed by atoms with Crippen LogP contribution in [0.1, 0.15) is 15.2 Å². The second-order valence-corrected chi connectivity index (χ2v) is 6.17. The number of halogens is 1. The number of para-hydroxylation sites is 1. The average Bonchev–Trinajstić information content (AvgIpc) is 2.78. The largest absolute Gasteiger partial charge is 0.321 e. The van der Waals surface area contributed by atoms with Crippen molar-refractivity contribution in [3.8, 4) is 0 Å². The molecule has 3 nitrogen and oxygen atoms in total. The lowest BCUT2D eigenvalue weighted by atomic mass is 10.1. The molecular formula is C14H15ClN2OS. The Labute approximate surface area is 121 Å². The summed E-state index contributed by atoms with van der Waals surface area (Å²) in [4.78, 5) is 14.8. The van der Waals surface area contributed by atoms with Gasteiger partial charge in [-0.25, -0.2) is 0 Å². The van der Waals surface area contributed by atoms with Crippen LogP contribution in [-0.2, 0) is 6.54 Å². The van der Waals surface area contributed by atoms with Crippen LogP contribution in [0.2, 0.25) is 4.34 Å². The van der Waals surface area contributed by atoms with Crippen LogP contribution in [0.5, 0.6) is 0 Å². The summed E-state index contributed by atoms with van der Waals surface area (Å²) in [5, 5.41) is 2.93. The Hall–Kier alpha value is -1.36. The first kappa shape index (κ1) is 14.1. The minimum atomic E-state index is -0.122. The van der Waals surface area contributed by atoms with E-state index in [4.69, 9.17) is 11.6 Å². The molecule has 0 saturated heterocycles. The standard InChI is InChI=1S/C14H15ClN2OS/c1-17(2)9-10-5-3-4-6-11(10)16-14(18)12-7-8-13(15)19-12/h3-8H,9H2,1-2H3,(H,16,18). The second-order valence-electron chi connectivity index (χ2n) is 4.45. The average molecular weight is 295 g/mol. The van der Waals surface area contributed by atoms with E-state index in [9.17, 15) is 4.79 Å². The summed E-state index contributed by atoms with van der Waals surface area (Å²) < 4.78 is 0.617. The maximum Gasteiger partial charge on any atom is 0.265 e. The Kier molecular flexibility index (Phi) is 4.58. The number of anilines is 1. The summed E-state index contributed by atoms with van der Waals surface area (Å²) in [5.41, 5.74) is 1.93. The minimum absolute atomic E-state index is 0.122. The van der Waals surface area contributed by atoms with Gasteiger partial charge in [0.15, 0.2) is 0 Å². The number of carbonyl (C=O) groups excluding carboxylic acids is 1. The molecule has 1 N–H and O–H groups in total. The molecule has 0 aliphatic heterocycles. The fourth-order valence-electron chi connectivity index (χ4n) is 1.74. The van der Waals surface area contributed by atoms with Crippen LogP contribution in [0, 0.1) is 0 Å². The maximum absolute atomic E-state index is 12.1. The van der Waals surface area contributed by atoms with Gasteiger partial charge in [0, 0.05) is 12.2 Å². The molecule has 0 radical (unpaired) electrons. The lowest BCUT2D eigenvalue weighted by Gasteiger charge is -2.14. The molecule has 2 rings (SSSR count). The molecule has 2 aromatic rings. The molecule has 1 aromatic carbocycles. The predicted octanol–water partition coefficient (Wildman–Crippen LogP) is 3.72. The lowest BCUT2D eigenvalue weighted by Crippen LogP contribution is -2.15. The molecule has 1 heterocycles. The summed E-state index contributed by atoms with van der Waals surface area (Å²) in [6, 6.07) is 11.3. The Morgan fingerprint density at radius 1 is 1.26 bits per heavy atom. The third-order valence-corrected chi connectivity index (χ3v) is 3.78. The van der Waals surface area contributed by atoms with Gasteiger partial charge in [-0.15, -0.1) is 11.3 Å². The Morgan fingerprint density at radius 2 is 2.00 bits per heavy atom. The van der Waals surface area contributed by atoms with E-state index in [1.807, 2.05) is 38.4 Å². The van der Waals surface area contributed by atoms with Crippen molar-refractivity contribution in [3.05, 3.63) is 51.2 Å². The zero-order valence-corrected chi connectivity index (χ0v) is 12.4. The van der Waals surface area contributed by atoms with Crippen LogP contribution >= 0.6 is 22.9 Å². The molecule has 0 saturated carbocycles. The van der Waals surface area contributed by atoms with Crippen LogP contribution in [-0.4, -0.2) is 24.9 Å². The Bertz CT molecular complexity index is 580. The van der Waals surface area contributed by atoms with Crippen molar-refractivity contribution in [2.75, 3.05) is 19.4 Å². The van der Waals surface area contributed by atoms with E-state index in [2.05, 4.69) is 10.2 Å². The number of nitrogens with one attached hydrogen (secondary N) is 1. The van der Waals surface area contributed by atoms with Crippen LogP contribution in [0.3, 0.4) is 0 Å². The van der Waals surface area contributed by atoms with Crippen molar-refractivity contribution in [2.24, 2.45) is 0 Å². The normalized spacial score (nSPS) is 10.7. The van der Waals surface area contributed by atoms with Crippen molar-refractivity contribution >= 4 is 34.5 Å². The molecule has 0 unspecified atom stereocenters. The first-order valence-electron chi connectivity index (χ1n) is 5.85. The quantitative estimate of drug-likeness (QED) is 0.932. The number of amides is 1. The predicted molar refractivity (Wildman–Crippen MR) is 81.1 cm³/mol. The summed E-state index contributed by atoms with van der Waals surface area (Å²) in [6.07, 6.45) is 0. The van der Waals surface area contributed by atoms with E-state index < -0.39 is 0 Å². The van der Waals surface area contributed by atoms with Gasteiger partial charge in [-0.3, -0.25) is 4.79 Å². The number of nitrogens with zero attached hydrogens (tertiary/aromatic N) is 1. The molecule has 0 aliphatic rings. The topological polar surface area (TPSA) is 32.3 Å². The van der Waals surface area contributed by atoms with Gasteiger partial charge in [-0.1, -0.05) is 29.8 Å². The highest BCUT2D eigenvalue weighted by Gasteiger charge is 2.11. The summed E-state index contributed by atoms with van der Waals surface area (Å²) in [6.45, 7) is 0.779. The monoisotopic (exact) mass is 294 g/mol. The summed E-state index contributed by atoms with van der Waals surface area (Å²) in [5.74, 6) is -0.122. The number of rotatable bonds is 4. The SMILES string of the molecule is CN(C)Cc1ccccc1NC(=O)c1ccc(Cl)s1. The molecule has 0 atom stereocenters. The Balaban J connectivity index is 2.16. The van der Waals surface area contributed by atoms with Crippen molar-refractivity contribution in [1.82, 2.24) is 4.90 Å². The van der Waals surface area contributed by atoms with E-state index in [0.717, 1.165) is 17.8 Å². The number of hydrogen-bond acceptors (Lipinski definition) is 3. The van der Waals surface area contributed by atoms with E-state index in [-0.39, 0.29) is 5.91 Å². The summed E-state index contributed by atoms with van der Waals surface area (Å²) >= 11 is 7.12. The fourth-order valence-corrected chi connectivity index (χ4v) is 2.68. The third kappa shape index (κ3) is 3.80. The van der Waals surface area contributed by atoms with Gasteiger partial charge in [0.1, 0.15) is 0 Å².